The Hall–Kier alpha value is -3.81. The Morgan fingerprint density at radius 1 is 1.03 bits per heavy atom. The predicted octanol–water partition coefficient (Wildman–Crippen LogP) is 2.67. The van der Waals surface area contributed by atoms with Gasteiger partial charge in [-0.15, -0.1) is 0 Å². The summed E-state index contributed by atoms with van der Waals surface area (Å²) in [6.45, 7) is 4.72. The number of amides is 1. The maximum atomic E-state index is 12.5. The smallest absolute Gasteiger partial charge is 0.270 e. The third-order valence-electron chi connectivity index (χ3n) is 4.50. The minimum absolute atomic E-state index is 0.197. The summed E-state index contributed by atoms with van der Waals surface area (Å²) in [7, 11) is 0. The van der Waals surface area contributed by atoms with Crippen molar-refractivity contribution in [3.8, 4) is 5.82 Å². The molecule has 0 saturated carbocycles. The Morgan fingerprint density at radius 2 is 1.90 bits per heavy atom. The summed E-state index contributed by atoms with van der Waals surface area (Å²) in [5.74, 6) is 2.75. The second-order valence-corrected chi connectivity index (χ2v) is 6.57. The monoisotopic (exact) mass is 387 g/mol. The van der Waals surface area contributed by atoms with Crippen molar-refractivity contribution in [2.75, 3.05) is 18.4 Å². The van der Waals surface area contributed by atoms with Gasteiger partial charge in [-0.2, -0.15) is 0 Å². The van der Waals surface area contributed by atoms with Gasteiger partial charge in [0.2, 0.25) is 0 Å². The first-order chi connectivity index (χ1) is 14.1. The third-order valence-corrected chi connectivity index (χ3v) is 4.50. The van der Waals surface area contributed by atoms with Gasteiger partial charge in [-0.1, -0.05) is 24.3 Å². The van der Waals surface area contributed by atoms with Crippen LogP contribution in [0, 0.1) is 13.8 Å². The number of fused-ring (bicyclic) bond motifs is 1. The first-order valence-corrected chi connectivity index (χ1v) is 9.33. The summed E-state index contributed by atoms with van der Waals surface area (Å²) in [5.41, 5.74) is 0.429. The van der Waals surface area contributed by atoms with Gasteiger partial charge in [0.15, 0.2) is 0 Å². The van der Waals surface area contributed by atoms with Crippen LogP contribution in [0.15, 0.2) is 55.0 Å². The van der Waals surface area contributed by atoms with Gasteiger partial charge in [0, 0.05) is 43.1 Å². The molecule has 1 amide bonds. The van der Waals surface area contributed by atoms with E-state index in [9.17, 15) is 4.79 Å². The summed E-state index contributed by atoms with van der Waals surface area (Å²) in [6.07, 6.45) is 5.24. The Kier molecular flexibility index (Phi) is 5.15. The Labute approximate surface area is 168 Å². The van der Waals surface area contributed by atoms with Crippen LogP contribution >= 0.6 is 0 Å². The lowest BCUT2D eigenvalue weighted by molar-refractivity contribution is 0.0952. The van der Waals surface area contributed by atoms with Gasteiger partial charge >= 0.3 is 0 Å². The zero-order valence-corrected chi connectivity index (χ0v) is 16.3. The van der Waals surface area contributed by atoms with Crippen molar-refractivity contribution in [1.29, 1.82) is 0 Å². The molecule has 0 aliphatic carbocycles. The molecular formula is C21H21N7O. The predicted molar refractivity (Wildman–Crippen MR) is 111 cm³/mol. The zero-order chi connectivity index (χ0) is 20.2. The molecule has 0 unspecified atom stereocenters. The lowest BCUT2D eigenvalue weighted by atomic mass is 10.1. The van der Waals surface area contributed by atoms with Crippen LogP contribution in [-0.2, 0) is 0 Å². The molecule has 0 aliphatic rings. The zero-order valence-electron chi connectivity index (χ0n) is 16.3. The van der Waals surface area contributed by atoms with Crippen molar-refractivity contribution in [3.63, 3.8) is 0 Å². The number of anilines is 1. The van der Waals surface area contributed by atoms with Crippen molar-refractivity contribution in [3.05, 3.63) is 72.3 Å². The summed E-state index contributed by atoms with van der Waals surface area (Å²) >= 11 is 0. The second-order valence-electron chi connectivity index (χ2n) is 6.57. The van der Waals surface area contributed by atoms with Crippen molar-refractivity contribution >= 4 is 22.5 Å². The number of hydrogen-bond acceptors (Lipinski definition) is 6. The van der Waals surface area contributed by atoms with Gasteiger partial charge < -0.3 is 10.6 Å². The van der Waals surface area contributed by atoms with E-state index in [1.165, 1.54) is 0 Å². The summed E-state index contributed by atoms with van der Waals surface area (Å²) in [6, 6.07) is 11.5. The number of nitrogens with zero attached hydrogens (tertiary/aromatic N) is 5. The van der Waals surface area contributed by atoms with Crippen LogP contribution in [0.2, 0.25) is 0 Å². The Bertz CT molecular complexity index is 1160. The molecule has 3 aromatic heterocycles. The van der Waals surface area contributed by atoms with Crippen molar-refractivity contribution in [2.24, 2.45) is 0 Å². The van der Waals surface area contributed by atoms with Crippen LogP contribution in [0.4, 0.5) is 5.82 Å². The van der Waals surface area contributed by atoms with E-state index in [4.69, 9.17) is 0 Å². The minimum Gasteiger partial charge on any atom is -0.368 e. The van der Waals surface area contributed by atoms with Crippen molar-refractivity contribution in [1.82, 2.24) is 29.8 Å². The Balaban J connectivity index is 1.39. The number of carbonyl (C=O) groups excluding carboxylic acids is 1. The number of aromatic nitrogens is 5. The largest absolute Gasteiger partial charge is 0.368 e. The molecule has 0 radical (unpaired) electrons. The van der Waals surface area contributed by atoms with Crippen molar-refractivity contribution in [2.45, 2.75) is 13.8 Å². The van der Waals surface area contributed by atoms with E-state index in [2.05, 4.69) is 30.6 Å². The molecule has 2 N–H and O–H groups in total. The third kappa shape index (κ3) is 4.06. The van der Waals surface area contributed by atoms with E-state index in [0.717, 1.165) is 22.4 Å². The van der Waals surface area contributed by atoms with E-state index in [1.807, 2.05) is 61.0 Å². The molecule has 0 saturated heterocycles. The molecular weight excluding hydrogens is 366 g/mol. The Morgan fingerprint density at radius 3 is 2.72 bits per heavy atom. The normalized spacial score (nSPS) is 10.8. The van der Waals surface area contributed by atoms with Crippen LogP contribution in [0.1, 0.15) is 22.1 Å². The highest BCUT2D eigenvalue weighted by Crippen LogP contribution is 2.16. The summed E-state index contributed by atoms with van der Waals surface area (Å²) in [5, 5.41) is 7.97. The number of benzene rings is 1. The molecule has 3 heterocycles. The fourth-order valence-electron chi connectivity index (χ4n) is 3.14. The van der Waals surface area contributed by atoms with Crippen molar-refractivity contribution < 1.29 is 4.79 Å². The molecule has 4 aromatic rings. The van der Waals surface area contributed by atoms with E-state index >= 15 is 0 Å². The first-order valence-electron chi connectivity index (χ1n) is 9.33. The number of aryl methyl sites for hydroxylation is 2. The maximum Gasteiger partial charge on any atom is 0.270 e. The SMILES string of the molecule is Cc1nc(NCCNC(=O)c2nccc3ccccc23)cc(-n2ccnc2C)n1. The molecule has 0 fully saturated rings. The number of hydrogen-bond donors (Lipinski definition) is 2. The highest BCUT2D eigenvalue weighted by Gasteiger charge is 2.11. The van der Waals surface area contributed by atoms with E-state index in [0.29, 0.717) is 30.4 Å². The fourth-order valence-corrected chi connectivity index (χ4v) is 3.14. The number of nitrogens with one attached hydrogen (secondary N) is 2. The molecule has 0 bridgehead atoms. The summed E-state index contributed by atoms with van der Waals surface area (Å²) in [4.78, 5) is 29.9. The standard InChI is InChI=1S/C21H21N7O/c1-14-26-18(13-19(27-14)28-12-11-22-15(28)2)23-9-10-25-21(29)20-17-6-4-3-5-16(17)7-8-24-20/h3-8,11-13H,9-10H2,1-2H3,(H,25,29)(H,23,26,27). The fraction of sp³-hybridized carbons (Fsp3) is 0.190. The van der Waals surface area contributed by atoms with Gasteiger partial charge in [0.1, 0.15) is 29.0 Å². The highest BCUT2D eigenvalue weighted by atomic mass is 16.1. The molecule has 29 heavy (non-hydrogen) atoms. The van der Waals surface area contributed by atoms with Crippen LogP contribution in [-0.4, -0.2) is 43.5 Å². The molecule has 146 valence electrons. The second kappa shape index (κ2) is 8.05. The molecule has 0 spiro atoms. The number of pyridine rings is 1. The van der Waals surface area contributed by atoms with Crippen LogP contribution in [0.25, 0.3) is 16.6 Å². The molecule has 8 heteroatoms. The van der Waals surface area contributed by atoms with Gasteiger partial charge in [-0.05, 0) is 25.3 Å². The van der Waals surface area contributed by atoms with E-state index in [1.54, 1.807) is 12.4 Å². The minimum atomic E-state index is -0.197. The van der Waals surface area contributed by atoms with Crippen LogP contribution in [0.5, 0.6) is 0 Å². The molecule has 1 aromatic carbocycles. The quantitative estimate of drug-likeness (QED) is 0.494. The van der Waals surface area contributed by atoms with Gasteiger partial charge in [0.05, 0.1) is 0 Å². The lowest BCUT2D eigenvalue weighted by Crippen LogP contribution is -2.29. The van der Waals surface area contributed by atoms with Gasteiger partial charge in [-0.3, -0.25) is 14.3 Å². The first kappa shape index (κ1) is 18.5. The van der Waals surface area contributed by atoms with Gasteiger partial charge in [-0.25, -0.2) is 15.0 Å². The number of rotatable bonds is 6. The summed E-state index contributed by atoms with van der Waals surface area (Å²) < 4.78 is 1.90. The van der Waals surface area contributed by atoms with Gasteiger partial charge in [0.25, 0.3) is 5.91 Å². The number of imidazole rings is 1. The molecule has 0 atom stereocenters. The molecule has 4 rings (SSSR count). The maximum absolute atomic E-state index is 12.5. The average Bonchev–Trinajstić information content (AvgIpc) is 3.16. The lowest BCUT2D eigenvalue weighted by Gasteiger charge is -2.11. The topological polar surface area (TPSA) is 97.6 Å². The van der Waals surface area contributed by atoms with E-state index in [-0.39, 0.29) is 5.91 Å². The van der Waals surface area contributed by atoms with Crippen LogP contribution < -0.4 is 10.6 Å². The molecule has 8 nitrogen and oxygen atoms in total. The average molecular weight is 387 g/mol. The van der Waals surface area contributed by atoms with Crippen LogP contribution in [0.3, 0.4) is 0 Å². The highest BCUT2D eigenvalue weighted by molar-refractivity contribution is 6.05. The molecule has 0 aliphatic heterocycles. The number of carbonyl (C=O) groups is 1. The van der Waals surface area contributed by atoms with E-state index < -0.39 is 0 Å².